The molecule has 0 bridgehead atoms. The van der Waals surface area contributed by atoms with Crippen LogP contribution < -0.4 is 15.8 Å². The van der Waals surface area contributed by atoms with Gasteiger partial charge in [0.2, 0.25) is 5.91 Å². The fourth-order valence-corrected chi connectivity index (χ4v) is 3.17. The number of hydrogen-bond acceptors (Lipinski definition) is 5. The van der Waals surface area contributed by atoms with Gasteiger partial charge in [0, 0.05) is 31.7 Å². The van der Waals surface area contributed by atoms with Crippen LogP contribution in [0.25, 0.3) is 0 Å². The van der Waals surface area contributed by atoms with Crippen molar-refractivity contribution in [1.82, 2.24) is 10.2 Å². The van der Waals surface area contributed by atoms with Gasteiger partial charge in [0.15, 0.2) is 0 Å². The number of rotatable bonds is 9. The molecule has 0 radical (unpaired) electrons. The van der Waals surface area contributed by atoms with E-state index in [2.05, 4.69) is 10.2 Å². The SMILES string of the molecule is NC(Cc1ccccc1)C(=O)NCc1ccccc1OCCN1CCOCC1. The largest absolute Gasteiger partial charge is 0.492 e. The number of amides is 1. The van der Waals surface area contributed by atoms with E-state index in [1.54, 1.807) is 0 Å². The molecular formula is C22H29N3O3. The summed E-state index contributed by atoms with van der Waals surface area (Å²) in [5, 5.41) is 2.93. The lowest BCUT2D eigenvalue weighted by molar-refractivity contribution is -0.122. The first-order valence-corrected chi connectivity index (χ1v) is 9.80. The highest BCUT2D eigenvalue weighted by molar-refractivity contribution is 5.81. The molecule has 150 valence electrons. The number of carbonyl (C=O) groups is 1. The Bertz CT molecular complexity index is 733. The number of nitrogens with one attached hydrogen (secondary N) is 1. The number of morpholine rings is 1. The highest BCUT2D eigenvalue weighted by atomic mass is 16.5. The summed E-state index contributed by atoms with van der Waals surface area (Å²) in [5.41, 5.74) is 8.06. The quantitative estimate of drug-likeness (QED) is 0.688. The van der Waals surface area contributed by atoms with Gasteiger partial charge < -0.3 is 20.5 Å². The first-order valence-electron chi connectivity index (χ1n) is 9.80. The lowest BCUT2D eigenvalue weighted by Crippen LogP contribution is -2.41. The zero-order valence-electron chi connectivity index (χ0n) is 16.2. The van der Waals surface area contributed by atoms with Gasteiger partial charge in [-0.25, -0.2) is 0 Å². The maximum atomic E-state index is 12.4. The highest BCUT2D eigenvalue weighted by Gasteiger charge is 2.15. The third-order valence-electron chi connectivity index (χ3n) is 4.83. The van der Waals surface area contributed by atoms with E-state index in [9.17, 15) is 4.79 Å². The van der Waals surface area contributed by atoms with Crippen LogP contribution in [0.4, 0.5) is 0 Å². The summed E-state index contributed by atoms with van der Waals surface area (Å²) in [7, 11) is 0. The third-order valence-corrected chi connectivity index (χ3v) is 4.83. The Hall–Kier alpha value is -2.41. The van der Waals surface area contributed by atoms with Crippen LogP contribution in [0, 0.1) is 0 Å². The molecule has 6 nitrogen and oxygen atoms in total. The number of carbonyl (C=O) groups excluding carboxylic acids is 1. The number of nitrogens with two attached hydrogens (primary N) is 1. The van der Waals surface area contributed by atoms with Crippen molar-refractivity contribution in [3.63, 3.8) is 0 Å². The van der Waals surface area contributed by atoms with E-state index in [0.29, 0.717) is 19.6 Å². The highest BCUT2D eigenvalue weighted by Crippen LogP contribution is 2.18. The van der Waals surface area contributed by atoms with Crippen molar-refractivity contribution in [2.45, 2.75) is 19.0 Å². The number of nitrogens with zero attached hydrogens (tertiary/aromatic N) is 1. The molecule has 3 N–H and O–H groups in total. The molecule has 28 heavy (non-hydrogen) atoms. The normalized spacial score (nSPS) is 15.8. The fraction of sp³-hybridized carbons (Fsp3) is 0.409. The minimum absolute atomic E-state index is 0.160. The molecule has 0 saturated carbocycles. The maximum Gasteiger partial charge on any atom is 0.237 e. The van der Waals surface area contributed by atoms with Crippen LogP contribution in [0.3, 0.4) is 0 Å². The summed E-state index contributed by atoms with van der Waals surface area (Å²) in [6.07, 6.45) is 0.518. The zero-order valence-corrected chi connectivity index (χ0v) is 16.2. The average Bonchev–Trinajstić information content (AvgIpc) is 2.74. The van der Waals surface area contributed by atoms with Crippen LogP contribution in [-0.2, 0) is 22.5 Å². The van der Waals surface area contributed by atoms with Gasteiger partial charge in [-0.05, 0) is 18.1 Å². The lowest BCUT2D eigenvalue weighted by atomic mass is 10.1. The van der Waals surface area contributed by atoms with E-state index in [1.807, 2.05) is 54.6 Å². The maximum absolute atomic E-state index is 12.4. The molecule has 1 aliphatic rings. The number of benzene rings is 2. The molecule has 1 atom stereocenters. The van der Waals surface area contributed by atoms with E-state index in [-0.39, 0.29) is 5.91 Å². The minimum atomic E-state index is -0.572. The van der Waals surface area contributed by atoms with Crippen LogP contribution in [-0.4, -0.2) is 56.3 Å². The molecular weight excluding hydrogens is 354 g/mol. The molecule has 1 amide bonds. The van der Waals surface area contributed by atoms with E-state index in [1.165, 1.54) is 0 Å². The fourth-order valence-electron chi connectivity index (χ4n) is 3.17. The van der Waals surface area contributed by atoms with Crippen molar-refractivity contribution in [2.24, 2.45) is 5.73 Å². The second-order valence-corrected chi connectivity index (χ2v) is 6.92. The predicted molar refractivity (Wildman–Crippen MR) is 109 cm³/mol. The Labute approximate surface area is 166 Å². The summed E-state index contributed by atoms with van der Waals surface area (Å²) in [4.78, 5) is 14.7. The number of hydrogen-bond donors (Lipinski definition) is 2. The standard InChI is InChI=1S/C22H29N3O3/c23-20(16-18-6-2-1-3-7-18)22(26)24-17-19-8-4-5-9-21(19)28-15-12-25-10-13-27-14-11-25/h1-9,20H,10-17,23H2,(H,24,26). The average molecular weight is 383 g/mol. The summed E-state index contributed by atoms with van der Waals surface area (Å²) < 4.78 is 11.3. The van der Waals surface area contributed by atoms with Crippen molar-refractivity contribution in [1.29, 1.82) is 0 Å². The van der Waals surface area contributed by atoms with Gasteiger partial charge in [-0.15, -0.1) is 0 Å². The molecule has 0 aromatic heterocycles. The molecule has 2 aromatic carbocycles. The van der Waals surface area contributed by atoms with Gasteiger partial charge in [0.25, 0.3) is 0 Å². The topological polar surface area (TPSA) is 76.8 Å². The van der Waals surface area contributed by atoms with Gasteiger partial charge >= 0.3 is 0 Å². The molecule has 0 aliphatic carbocycles. The Morgan fingerprint density at radius 3 is 2.61 bits per heavy atom. The van der Waals surface area contributed by atoms with Gasteiger partial charge in [0.05, 0.1) is 19.3 Å². The van der Waals surface area contributed by atoms with Gasteiger partial charge in [-0.2, -0.15) is 0 Å². The molecule has 1 heterocycles. The first-order chi connectivity index (χ1) is 13.7. The van der Waals surface area contributed by atoms with E-state index >= 15 is 0 Å². The van der Waals surface area contributed by atoms with Crippen molar-refractivity contribution < 1.29 is 14.3 Å². The lowest BCUT2D eigenvalue weighted by Gasteiger charge is -2.26. The molecule has 3 rings (SSSR count). The summed E-state index contributed by atoms with van der Waals surface area (Å²) in [5.74, 6) is 0.639. The van der Waals surface area contributed by atoms with E-state index in [0.717, 1.165) is 49.7 Å². The molecule has 2 aromatic rings. The van der Waals surface area contributed by atoms with Crippen LogP contribution in [0.2, 0.25) is 0 Å². The van der Waals surface area contributed by atoms with Crippen LogP contribution in [0.5, 0.6) is 5.75 Å². The molecule has 1 saturated heterocycles. The smallest absolute Gasteiger partial charge is 0.237 e. The number of para-hydroxylation sites is 1. The zero-order chi connectivity index (χ0) is 19.6. The summed E-state index contributed by atoms with van der Waals surface area (Å²) in [6.45, 7) is 5.33. The molecule has 1 fully saturated rings. The first kappa shape index (κ1) is 20.3. The Morgan fingerprint density at radius 2 is 1.82 bits per heavy atom. The predicted octanol–water partition coefficient (Wildman–Crippen LogP) is 1.58. The van der Waals surface area contributed by atoms with Crippen LogP contribution >= 0.6 is 0 Å². The van der Waals surface area contributed by atoms with Gasteiger partial charge in [-0.3, -0.25) is 9.69 Å². The van der Waals surface area contributed by atoms with Crippen molar-refractivity contribution >= 4 is 5.91 Å². The van der Waals surface area contributed by atoms with Gasteiger partial charge in [-0.1, -0.05) is 48.5 Å². The Morgan fingerprint density at radius 1 is 1.11 bits per heavy atom. The van der Waals surface area contributed by atoms with Gasteiger partial charge in [0.1, 0.15) is 12.4 Å². The van der Waals surface area contributed by atoms with E-state index in [4.69, 9.17) is 15.2 Å². The second kappa shape index (κ2) is 10.8. The summed E-state index contributed by atoms with van der Waals surface area (Å²) in [6, 6.07) is 17.0. The Balaban J connectivity index is 1.46. The third kappa shape index (κ3) is 6.34. The minimum Gasteiger partial charge on any atom is -0.492 e. The van der Waals surface area contributed by atoms with Crippen molar-refractivity contribution in [2.75, 3.05) is 39.5 Å². The van der Waals surface area contributed by atoms with Crippen molar-refractivity contribution in [3.8, 4) is 5.75 Å². The molecule has 0 spiro atoms. The second-order valence-electron chi connectivity index (χ2n) is 6.92. The van der Waals surface area contributed by atoms with E-state index < -0.39 is 6.04 Å². The number of ether oxygens (including phenoxy) is 2. The van der Waals surface area contributed by atoms with Crippen molar-refractivity contribution in [3.05, 3.63) is 65.7 Å². The van der Waals surface area contributed by atoms with Crippen LogP contribution in [0.15, 0.2) is 54.6 Å². The summed E-state index contributed by atoms with van der Waals surface area (Å²) >= 11 is 0. The van der Waals surface area contributed by atoms with Crippen LogP contribution in [0.1, 0.15) is 11.1 Å². The Kier molecular flexibility index (Phi) is 7.84. The molecule has 1 aliphatic heterocycles. The molecule has 1 unspecified atom stereocenters. The monoisotopic (exact) mass is 383 g/mol. The molecule has 6 heteroatoms.